The summed E-state index contributed by atoms with van der Waals surface area (Å²) in [6.45, 7) is 0.542. The Morgan fingerprint density at radius 3 is 2.63 bits per heavy atom. The third kappa shape index (κ3) is 4.37. The molecule has 1 aromatic heterocycles. The minimum absolute atomic E-state index is 0.0252. The highest BCUT2D eigenvalue weighted by Crippen LogP contribution is 2.22. The lowest BCUT2D eigenvalue weighted by Gasteiger charge is -2.10. The first kappa shape index (κ1) is 18.7. The number of aromatic nitrogens is 2. The number of anilines is 1. The molecular weight excluding hydrogens is 371 g/mol. The molecule has 3 rings (SSSR count). The van der Waals surface area contributed by atoms with Crippen molar-refractivity contribution in [2.24, 2.45) is 0 Å². The van der Waals surface area contributed by atoms with E-state index in [9.17, 15) is 17.6 Å². The molecule has 1 heterocycles. The lowest BCUT2D eigenvalue weighted by Crippen LogP contribution is -2.29. The summed E-state index contributed by atoms with van der Waals surface area (Å²) in [5, 5.41) is 6.20. The molecule has 7 nitrogen and oxygen atoms in total. The molecule has 0 saturated carbocycles. The third-order valence-electron chi connectivity index (χ3n) is 3.86. The molecule has 0 bridgehead atoms. The summed E-state index contributed by atoms with van der Waals surface area (Å²) in [6, 6.07) is 10.3. The highest BCUT2D eigenvalue weighted by Gasteiger charge is 2.12. The second-order valence-electron chi connectivity index (χ2n) is 5.84. The number of sulfone groups is 1. The predicted molar refractivity (Wildman–Crippen MR) is 99.9 cm³/mol. The van der Waals surface area contributed by atoms with E-state index in [1.54, 1.807) is 12.1 Å². The predicted octanol–water partition coefficient (Wildman–Crippen LogP) is 2.01. The van der Waals surface area contributed by atoms with Gasteiger partial charge in [-0.1, -0.05) is 12.1 Å². The Morgan fingerprint density at radius 2 is 1.89 bits per heavy atom. The topological polar surface area (TPSA) is 101 Å². The maximum absolute atomic E-state index is 13.6. The summed E-state index contributed by atoms with van der Waals surface area (Å²) >= 11 is 0. The van der Waals surface area contributed by atoms with Gasteiger partial charge in [-0.25, -0.2) is 22.8 Å². The molecule has 0 aliphatic rings. The fraction of sp³-hybridized carbons (Fsp3) is 0.167. The van der Waals surface area contributed by atoms with Crippen molar-refractivity contribution in [3.05, 3.63) is 60.2 Å². The van der Waals surface area contributed by atoms with Crippen LogP contribution in [0.1, 0.15) is 10.4 Å². The van der Waals surface area contributed by atoms with Gasteiger partial charge in [-0.3, -0.25) is 4.79 Å². The SMILES string of the molecule is CS(=O)(=O)c1ccc2ncnc(NCCNC(=O)c3ccccc3F)c2c1. The summed E-state index contributed by atoms with van der Waals surface area (Å²) < 4.78 is 37.1. The van der Waals surface area contributed by atoms with Gasteiger partial charge in [-0.2, -0.15) is 0 Å². The first-order chi connectivity index (χ1) is 12.9. The number of nitrogens with one attached hydrogen (secondary N) is 2. The Bertz CT molecular complexity index is 1100. The smallest absolute Gasteiger partial charge is 0.254 e. The zero-order valence-corrected chi connectivity index (χ0v) is 15.3. The van der Waals surface area contributed by atoms with Gasteiger partial charge in [0.1, 0.15) is 18.0 Å². The Hall–Kier alpha value is -3.07. The zero-order chi connectivity index (χ0) is 19.4. The van der Waals surface area contributed by atoms with Crippen LogP contribution in [0.5, 0.6) is 0 Å². The summed E-state index contributed by atoms with van der Waals surface area (Å²) in [5.74, 6) is -0.648. The molecule has 27 heavy (non-hydrogen) atoms. The normalized spacial score (nSPS) is 11.3. The van der Waals surface area contributed by atoms with Crippen LogP contribution in [-0.2, 0) is 9.84 Å². The van der Waals surface area contributed by atoms with Crippen molar-refractivity contribution in [1.29, 1.82) is 0 Å². The van der Waals surface area contributed by atoms with Crippen LogP contribution in [0.15, 0.2) is 53.7 Å². The Labute approximate surface area is 155 Å². The van der Waals surface area contributed by atoms with Crippen LogP contribution < -0.4 is 10.6 Å². The largest absolute Gasteiger partial charge is 0.368 e. The zero-order valence-electron chi connectivity index (χ0n) is 14.4. The summed E-state index contributed by atoms with van der Waals surface area (Å²) in [4.78, 5) is 20.4. The highest BCUT2D eigenvalue weighted by atomic mass is 32.2. The number of hydrogen-bond acceptors (Lipinski definition) is 6. The van der Waals surface area contributed by atoms with E-state index in [1.165, 1.54) is 36.7 Å². The monoisotopic (exact) mass is 388 g/mol. The Balaban J connectivity index is 1.68. The fourth-order valence-electron chi connectivity index (χ4n) is 2.50. The first-order valence-electron chi connectivity index (χ1n) is 8.07. The quantitative estimate of drug-likeness (QED) is 0.627. The summed E-state index contributed by atoms with van der Waals surface area (Å²) in [7, 11) is -3.36. The van der Waals surface area contributed by atoms with Crippen LogP contribution in [-0.4, -0.2) is 43.6 Å². The highest BCUT2D eigenvalue weighted by molar-refractivity contribution is 7.90. The lowest BCUT2D eigenvalue weighted by molar-refractivity contribution is 0.0951. The van der Waals surface area contributed by atoms with Gasteiger partial charge in [0.25, 0.3) is 5.91 Å². The van der Waals surface area contributed by atoms with E-state index < -0.39 is 21.6 Å². The molecule has 0 unspecified atom stereocenters. The van der Waals surface area contributed by atoms with E-state index in [4.69, 9.17) is 0 Å². The molecule has 0 aliphatic carbocycles. The second-order valence-corrected chi connectivity index (χ2v) is 7.85. The van der Waals surface area contributed by atoms with Gasteiger partial charge in [-0.05, 0) is 30.3 Å². The molecular formula is C18H17FN4O3S. The van der Waals surface area contributed by atoms with Gasteiger partial charge in [0.15, 0.2) is 9.84 Å². The van der Waals surface area contributed by atoms with Crippen molar-refractivity contribution < 1.29 is 17.6 Å². The molecule has 0 aliphatic heterocycles. The van der Waals surface area contributed by atoms with Crippen molar-refractivity contribution >= 4 is 32.5 Å². The average molecular weight is 388 g/mol. The Kier molecular flexibility index (Phi) is 5.31. The number of amides is 1. The minimum atomic E-state index is -3.36. The maximum atomic E-state index is 13.6. The van der Waals surface area contributed by atoms with E-state index in [0.717, 1.165) is 6.26 Å². The number of hydrogen-bond donors (Lipinski definition) is 2. The molecule has 2 aromatic carbocycles. The number of rotatable bonds is 6. The minimum Gasteiger partial charge on any atom is -0.368 e. The van der Waals surface area contributed by atoms with Gasteiger partial charge >= 0.3 is 0 Å². The Morgan fingerprint density at radius 1 is 1.11 bits per heavy atom. The van der Waals surface area contributed by atoms with Crippen molar-refractivity contribution in [2.75, 3.05) is 24.7 Å². The third-order valence-corrected chi connectivity index (χ3v) is 4.97. The molecule has 0 radical (unpaired) electrons. The summed E-state index contributed by atoms with van der Waals surface area (Å²) in [5.41, 5.74) is 0.568. The number of carbonyl (C=O) groups is 1. The van der Waals surface area contributed by atoms with E-state index in [-0.39, 0.29) is 17.0 Å². The second kappa shape index (κ2) is 7.67. The number of halogens is 1. The molecule has 1 amide bonds. The van der Waals surface area contributed by atoms with Gasteiger partial charge in [0.2, 0.25) is 0 Å². The first-order valence-corrected chi connectivity index (χ1v) is 9.97. The summed E-state index contributed by atoms with van der Waals surface area (Å²) in [6.07, 6.45) is 2.49. The molecule has 140 valence electrons. The number of fused-ring (bicyclic) bond motifs is 1. The number of benzene rings is 2. The van der Waals surface area contributed by atoms with E-state index in [1.807, 2.05) is 0 Å². The standard InChI is InChI=1S/C18H17FN4O3S/c1-27(25,26)12-6-7-16-14(10-12)17(23-11-22-16)20-8-9-21-18(24)13-4-2-3-5-15(13)19/h2-7,10-11H,8-9H2,1H3,(H,21,24)(H,20,22,23). The fourth-order valence-corrected chi connectivity index (χ4v) is 3.15. The molecule has 0 spiro atoms. The van der Waals surface area contributed by atoms with Crippen molar-refractivity contribution in [1.82, 2.24) is 15.3 Å². The van der Waals surface area contributed by atoms with Gasteiger partial charge in [-0.15, -0.1) is 0 Å². The molecule has 0 saturated heterocycles. The van der Waals surface area contributed by atoms with Crippen LogP contribution in [0.25, 0.3) is 10.9 Å². The van der Waals surface area contributed by atoms with Crippen LogP contribution in [0.3, 0.4) is 0 Å². The van der Waals surface area contributed by atoms with Gasteiger partial charge in [0, 0.05) is 24.7 Å². The van der Waals surface area contributed by atoms with Gasteiger partial charge in [0.05, 0.1) is 16.0 Å². The number of nitrogens with zero attached hydrogens (tertiary/aromatic N) is 2. The van der Waals surface area contributed by atoms with E-state index >= 15 is 0 Å². The molecule has 0 atom stereocenters. The molecule has 9 heteroatoms. The van der Waals surface area contributed by atoms with Crippen LogP contribution in [0.2, 0.25) is 0 Å². The number of carbonyl (C=O) groups excluding carboxylic acids is 1. The van der Waals surface area contributed by atoms with E-state index in [0.29, 0.717) is 23.3 Å². The van der Waals surface area contributed by atoms with Crippen LogP contribution in [0.4, 0.5) is 10.2 Å². The average Bonchev–Trinajstić information content (AvgIpc) is 2.64. The van der Waals surface area contributed by atoms with Crippen molar-refractivity contribution in [3.8, 4) is 0 Å². The van der Waals surface area contributed by atoms with Crippen LogP contribution in [0, 0.1) is 5.82 Å². The maximum Gasteiger partial charge on any atom is 0.254 e. The van der Waals surface area contributed by atoms with Gasteiger partial charge < -0.3 is 10.6 Å². The molecule has 0 fully saturated rings. The lowest BCUT2D eigenvalue weighted by atomic mass is 10.2. The molecule has 3 aromatic rings. The van der Waals surface area contributed by atoms with E-state index in [2.05, 4.69) is 20.6 Å². The van der Waals surface area contributed by atoms with Crippen LogP contribution >= 0.6 is 0 Å². The van der Waals surface area contributed by atoms with Crippen molar-refractivity contribution in [2.45, 2.75) is 4.90 Å². The molecule has 2 N–H and O–H groups in total. The van der Waals surface area contributed by atoms with Crippen molar-refractivity contribution in [3.63, 3.8) is 0 Å².